The van der Waals surface area contributed by atoms with Gasteiger partial charge in [-0.3, -0.25) is 9.59 Å². The molecular formula is C17H27F3N2O2. The molecule has 4 atom stereocenters. The molecule has 138 valence electrons. The molecule has 1 aliphatic carbocycles. The number of fused-ring (bicyclic) bond motifs is 1. The average Bonchev–Trinajstić information content (AvgIpc) is 2.66. The van der Waals surface area contributed by atoms with Crippen LogP contribution in [0.25, 0.3) is 0 Å². The molecule has 2 aliphatic rings. The SMILES string of the molecule is C[C@@H]1[C@H]2C(C)(C)[C@@]2(C)CN1C(=O)[C@@H](NC(=O)C(F)(F)F)C(C)(C)C. The van der Waals surface area contributed by atoms with E-state index in [1.54, 1.807) is 25.7 Å². The van der Waals surface area contributed by atoms with Crippen LogP contribution in [0.1, 0.15) is 48.5 Å². The highest BCUT2D eigenvalue weighted by atomic mass is 19.4. The zero-order valence-electron chi connectivity index (χ0n) is 15.3. The van der Waals surface area contributed by atoms with Gasteiger partial charge in [-0.1, -0.05) is 41.5 Å². The molecule has 1 saturated heterocycles. The predicted molar refractivity (Wildman–Crippen MR) is 84.0 cm³/mol. The Morgan fingerprint density at radius 3 is 2.00 bits per heavy atom. The van der Waals surface area contributed by atoms with E-state index in [1.165, 1.54) is 0 Å². The predicted octanol–water partition coefficient (Wildman–Crippen LogP) is 2.97. The van der Waals surface area contributed by atoms with Gasteiger partial charge in [-0.2, -0.15) is 13.2 Å². The second kappa shape index (κ2) is 5.11. The Hall–Kier alpha value is -1.27. The van der Waals surface area contributed by atoms with Crippen molar-refractivity contribution in [3.63, 3.8) is 0 Å². The van der Waals surface area contributed by atoms with Gasteiger partial charge in [0.15, 0.2) is 0 Å². The first kappa shape index (κ1) is 19.1. The van der Waals surface area contributed by atoms with Gasteiger partial charge in [-0.15, -0.1) is 0 Å². The lowest BCUT2D eigenvalue weighted by atomic mass is 9.85. The van der Waals surface area contributed by atoms with E-state index in [0.29, 0.717) is 12.5 Å². The fourth-order valence-corrected chi connectivity index (χ4v) is 4.54. The van der Waals surface area contributed by atoms with Crippen LogP contribution >= 0.6 is 0 Å². The fraction of sp³-hybridized carbons (Fsp3) is 0.882. The number of carbonyl (C=O) groups is 2. The van der Waals surface area contributed by atoms with E-state index in [0.717, 1.165) is 0 Å². The van der Waals surface area contributed by atoms with Crippen LogP contribution in [0.4, 0.5) is 13.2 Å². The highest BCUT2D eigenvalue weighted by Crippen LogP contribution is 2.74. The summed E-state index contributed by atoms with van der Waals surface area (Å²) in [5, 5.41) is 1.90. The maximum Gasteiger partial charge on any atom is 0.471 e. The van der Waals surface area contributed by atoms with Crippen LogP contribution in [-0.4, -0.2) is 41.5 Å². The lowest BCUT2D eigenvalue weighted by Crippen LogP contribution is -2.58. The molecule has 0 spiro atoms. The Morgan fingerprint density at radius 1 is 1.17 bits per heavy atom. The molecule has 0 aromatic rings. The number of amides is 2. The van der Waals surface area contributed by atoms with Crippen molar-refractivity contribution in [1.82, 2.24) is 10.2 Å². The second-order valence-corrected chi connectivity index (χ2v) is 9.09. The monoisotopic (exact) mass is 348 g/mol. The summed E-state index contributed by atoms with van der Waals surface area (Å²) in [6.07, 6.45) is -5.00. The summed E-state index contributed by atoms with van der Waals surface area (Å²) in [7, 11) is 0. The second-order valence-electron chi connectivity index (χ2n) is 9.09. The van der Waals surface area contributed by atoms with E-state index in [2.05, 4.69) is 20.8 Å². The Labute approximate surface area is 141 Å². The van der Waals surface area contributed by atoms with Crippen molar-refractivity contribution in [1.29, 1.82) is 0 Å². The molecule has 1 saturated carbocycles. The number of carbonyl (C=O) groups excluding carboxylic acids is 2. The van der Waals surface area contributed by atoms with Crippen LogP contribution in [0.3, 0.4) is 0 Å². The summed E-state index contributed by atoms with van der Waals surface area (Å²) in [6, 6.07) is -1.26. The molecule has 24 heavy (non-hydrogen) atoms. The largest absolute Gasteiger partial charge is 0.471 e. The maximum absolute atomic E-state index is 12.9. The van der Waals surface area contributed by atoms with Crippen LogP contribution in [0.5, 0.6) is 0 Å². The molecule has 1 aliphatic heterocycles. The third-order valence-corrected chi connectivity index (χ3v) is 6.25. The molecule has 0 bridgehead atoms. The number of nitrogens with zero attached hydrogens (tertiary/aromatic N) is 1. The summed E-state index contributed by atoms with van der Waals surface area (Å²) in [6.45, 7) is 13.8. The van der Waals surface area contributed by atoms with Crippen LogP contribution in [0, 0.1) is 22.2 Å². The summed E-state index contributed by atoms with van der Waals surface area (Å²) < 4.78 is 37.8. The van der Waals surface area contributed by atoms with Crippen LogP contribution in [0.15, 0.2) is 0 Å². The van der Waals surface area contributed by atoms with Crippen LogP contribution < -0.4 is 5.32 Å². The highest BCUT2D eigenvalue weighted by Gasteiger charge is 2.75. The number of piperidine rings is 1. The molecule has 4 nitrogen and oxygen atoms in total. The zero-order valence-corrected chi connectivity index (χ0v) is 15.3. The number of nitrogens with one attached hydrogen (secondary N) is 1. The molecule has 2 fully saturated rings. The molecule has 0 aromatic heterocycles. The first-order valence-corrected chi connectivity index (χ1v) is 8.23. The summed E-state index contributed by atoms with van der Waals surface area (Å²) >= 11 is 0. The van der Waals surface area contributed by atoms with Gasteiger partial charge in [-0.05, 0) is 29.1 Å². The van der Waals surface area contributed by atoms with Gasteiger partial charge in [0.25, 0.3) is 0 Å². The van der Waals surface area contributed by atoms with E-state index < -0.39 is 29.4 Å². The molecule has 1 N–H and O–H groups in total. The summed E-state index contributed by atoms with van der Waals surface area (Å²) in [4.78, 5) is 25.9. The molecule has 2 amide bonds. The topological polar surface area (TPSA) is 49.4 Å². The zero-order chi connectivity index (χ0) is 18.9. The van der Waals surface area contributed by atoms with Gasteiger partial charge < -0.3 is 10.2 Å². The van der Waals surface area contributed by atoms with Crippen LogP contribution in [-0.2, 0) is 9.59 Å². The number of hydrogen-bond acceptors (Lipinski definition) is 2. The van der Waals surface area contributed by atoms with Crippen molar-refractivity contribution in [2.45, 2.75) is 66.7 Å². The van der Waals surface area contributed by atoms with Gasteiger partial charge in [0, 0.05) is 12.6 Å². The van der Waals surface area contributed by atoms with Gasteiger partial charge >= 0.3 is 12.1 Å². The molecule has 1 heterocycles. The van der Waals surface area contributed by atoms with Gasteiger partial charge in [0.2, 0.25) is 5.91 Å². The first-order valence-electron chi connectivity index (χ1n) is 8.23. The van der Waals surface area contributed by atoms with E-state index in [1.807, 2.05) is 12.2 Å². The molecule has 0 aromatic carbocycles. The van der Waals surface area contributed by atoms with Crippen molar-refractivity contribution in [3.8, 4) is 0 Å². The van der Waals surface area contributed by atoms with Crippen molar-refractivity contribution in [3.05, 3.63) is 0 Å². The minimum absolute atomic E-state index is 0.0153. The number of hydrogen-bond donors (Lipinski definition) is 1. The Balaban J connectivity index is 2.21. The summed E-state index contributed by atoms with van der Waals surface area (Å²) in [5.41, 5.74) is -0.713. The Morgan fingerprint density at radius 2 is 1.67 bits per heavy atom. The molecule has 7 heteroatoms. The minimum Gasteiger partial charge on any atom is -0.337 e. The number of alkyl halides is 3. The van der Waals surface area contributed by atoms with Gasteiger partial charge in [0.1, 0.15) is 6.04 Å². The standard InChI is InChI=1S/C17H27F3N2O2/c1-9-10-15(5,6)16(10,7)8-22(9)12(23)11(14(2,3)4)21-13(24)17(18,19)20/h9-11H,8H2,1-7H3,(H,21,24)/t9-,10+,11-,16+/m1/s1. The molecular weight excluding hydrogens is 321 g/mol. The average molecular weight is 348 g/mol. The third-order valence-electron chi connectivity index (χ3n) is 6.25. The fourth-order valence-electron chi connectivity index (χ4n) is 4.54. The minimum atomic E-state index is -5.00. The quantitative estimate of drug-likeness (QED) is 0.834. The maximum atomic E-state index is 12.9. The number of halogens is 3. The smallest absolute Gasteiger partial charge is 0.337 e. The van der Waals surface area contributed by atoms with Gasteiger partial charge in [0.05, 0.1) is 0 Å². The molecule has 0 unspecified atom stereocenters. The van der Waals surface area contributed by atoms with Gasteiger partial charge in [-0.25, -0.2) is 0 Å². The number of likely N-dealkylation sites (tertiary alicyclic amines) is 1. The van der Waals surface area contributed by atoms with Crippen molar-refractivity contribution in [2.75, 3.05) is 6.54 Å². The first-order chi connectivity index (χ1) is 10.5. The van der Waals surface area contributed by atoms with E-state index >= 15 is 0 Å². The normalized spacial score (nSPS) is 33.0. The van der Waals surface area contributed by atoms with Crippen molar-refractivity contribution < 1.29 is 22.8 Å². The van der Waals surface area contributed by atoms with Crippen molar-refractivity contribution in [2.24, 2.45) is 22.2 Å². The Bertz CT molecular complexity index is 565. The van der Waals surface area contributed by atoms with Crippen LogP contribution in [0.2, 0.25) is 0 Å². The van der Waals surface area contributed by atoms with E-state index in [4.69, 9.17) is 0 Å². The van der Waals surface area contributed by atoms with Crippen molar-refractivity contribution >= 4 is 11.8 Å². The third kappa shape index (κ3) is 2.69. The summed E-state index contributed by atoms with van der Waals surface area (Å²) in [5.74, 6) is -2.18. The van der Waals surface area contributed by atoms with E-state index in [-0.39, 0.29) is 16.9 Å². The highest BCUT2D eigenvalue weighted by molar-refractivity contribution is 5.91. The number of rotatable bonds is 2. The lowest BCUT2D eigenvalue weighted by molar-refractivity contribution is -0.176. The molecule has 2 rings (SSSR count). The Kier molecular flexibility index (Phi) is 4.06. The van der Waals surface area contributed by atoms with E-state index in [9.17, 15) is 22.8 Å². The molecule has 0 radical (unpaired) electrons. The lowest BCUT2D eigenvalue weighted by Gasteiger charge is -2.37.